The van der Waals surface area contributed by atoms with Gasteiger partial charge < -0.3 is 15.7 Å². The van der Waals surface area contributed by atoms with Crippen molar-refractivity contribution in [1.82, 2.24) is 4.98 Å². The first-order valence-electron chi connectivity index (χ1n) is 5.36. The van der Waals surface area contributed by atoms with Crippen molar-refractivity contribution in [1.29, 1.82) is 0 Å². The van der Waals surface area contributed by atoms with Gasteiger partial charge in [-0.1, -0.05) is 19.4 Å². The Kier molecular flexibility index (Phi) is 4.90. The van der Waals surface area contributed by atoms with E-state index in [4.69, 9.17) is 10.8 Å². The maximum Gasteiger partial charge on any atom is 0.131 e. The van der Waals surface area contributed by atoms with Gasteiger partial charge in [0.05, 0.1) is 6.61 Å². The Morgan fingerprint density at radius 2 is 2.20 bits per heavy atom. The van der Waals surface area contributed by atoms with Crippen LogP contribution in [0.4, 0.5) is 11.6 Å². The maximum atomic E-state index is 8.97. The maximum absolute atomic E-state index is 8.97. The highest BCUT2D eigenvalue weighted by molar-refractivity contribution is 5.44. The van der Waals surface area contributed by atoms with E-state index in [0.717, 1.165) is 25.2 Å². The number of aliphatic hydroxyl groups is 1. The fraction of sp³-hybridized carbons (Fsp3) is 0.545. The number of nitrogens with two attached hydrogens (primary N) is 1. The Morgan fingerprint density at radius 3 is 2.80 bits per heavy atom. The standard InChI is InChI=1S/C11H19N3O/c1-2-3-7-14(8-9-15)11-6-4-5-10(12)13-11/h4-6,15H,2-3,7-9H2,1H3,(H2,12,13). The third kappa shape index (κ3) is 3.75. The molecule has 1 rings (SSSR count). The second-order valence-electron chi connectivity index (χ2n) is 3.48. The smallest absolute Gasteiger partial charge is 0.131 e. The van der Waals surface area contributed by atoms with Crippen molar-refractivity contribution >= 4 is 11.6 Å². The summed E-state index contributed by atoms with van der Waals surface area (Å²) >= 11 is 0. The number of hydrogen-bond donors (Lipinski definition) is 2. The van der Waals surface area contributed by atoms with Gasteiger partial charge in [-0.05, 0) is 18.6 Å². The van der Waals surface area contributed by atoms with Crippen molar-refractivity contribution in [3.63, 3.8) is 0 Å². The molecule has 0 aliphatic carbocycles. The molecule has 0 aromatic carbocycles. The number of hydrogen-bond acceptors (Lipinski definition) is 4. The van der Waals surface area contributed by atoms with Crippen LogP contribution < -0.4 is 10.6 Å². The van der Waals surface area contributed by atoms with Crippen molar-refractivity contribution in [3.05, 3.63) is 18.2 Å². The molecule has 0 aliphatic rings. The molecule has 1 heterocycles. The van der Waals surface area contributed by atoms with Gasteiger partial charge in [0.2, 0.25) is 0 Å². The molecule has 4 heteroatoms. The summed E-state index contributed by atoms with van der Waals surface area (Å²) in [4.78, 5) is 6.29. The van der Waals surface area contributed by atoms with Crippen LogP contribution in [0.5, 0.6) is 0 Å². The molecule has 15 heavy (non-hydrogen) atoms. The second kappa shape index (κ2) is 6.24. The molecule has 0 radical (unpaired) electrons. The van der Waals surface area contributed by atoms with Crippen LogP contribution >= 0.6 is 0 Å². The van der Waals surface area contributed by atoms with Gasteiger partial charge in [-0.25, -0.2) is 4.98 Å². The molecule has 1 aromatic heterocycles. The van der Waals surface area contributed by atoms with Crippen LogP contribution in [0.25, 0.3) is 0 Å². The van der Waals surface area contributed by atoms with Crippen LogP contribution in [-0.4, -0.2) is 29.8 Å². The Hall–Kier alpha value is -1.29. The minimum atomic E-state index is 0.139. The molecule has 0 fully saturated rings. The van der Waals surface area contributed by atoms with E-state index < -0.39 is 0 Å². The summed E-state index contributed by atoms with van der Waals surface area (Å²) in [7, 11) is 0. The largest absolute Gasteiger partial charge is 0.395 e. The summed E-state index contributed by atoms with van der Waals surface area (Å²) in [5.74, 6) is 1.37. The Bertz CT molecular complexity index is 291. The lowest BCUT2D eigenvalue weighted by Crippen LogP contribution is -2.28. The van der Waals surface area contributed by atoms with Gasteiger partial charge in [-0.15, -0.1) is 0 Å². The fourth-order valence-electron chi connectivity index (χ4n) is 1.43. The highest BCUT2D eigenvalue weighted by atomic mass is 16.3. The highest BCUT2D eigenvalue weighted by Gasteiger charge is 2.06. The van der Waals surface area contributed by atoms with Gasteiger partial charge >= 0.3 is 0 Å². The topological polar surface area (TPSA) is 62.4 Å². The number of nitrogen functional groups attached to an aromatic ring is 1. The Labute approximate surface area is 90.7 Å². The van der Waals surface area contributed by atoms with Gasteiger partial charge in [0, 0.05) is 13.1 Å². The minimum absolute atomic E-state index is 0.139. The van der Waals surface area contributed by atoms with E-state index in [1.165, 1.54) is 0 Å². The molecule has 84 valence electrons. The monoisotopic (exact) mass is 209 g/mol. The lowest BCUT2D eigenvalue weighted by atomic mass is 10.3. The first-order chi connectivity index (χ1) is 7.27. The summed E-state index contributed by atoms with van der Waals surface area (Å²) in [6, 6.07) is 5.57. The molecule has 0 saturated heterocycles. The summed E-state index contributed by atoms with van der Waals surface area (Å²) < 4.78 is 0. The molecule has 0 aliphatic heterocycles. The molecule has 0 spiro atoms. The van der Waals surface area contributed by atoms with Crippen molar-refractivity contribution in [2.45, 2.75) is 19.8 Å². The van der Waals surface area contributed by atoms with Crippen LogP contribution in [0.15, 0.2) is 18.2 Å². The zero-order chi connectivity index (χ0) is 11.1. The van der Waals surface area contributed by atoms with Crippen molar-refractivity contribution in [3.8, 4) is 0 Å². The summed E-state index contributed by atoms with van der Waals surface area (Å²) in [5, 5.41) is 8.97. The number of aliphatic hydroxyl groups excluding tert-OH is 1. The van der Waals surface area contributed by atoms with E-state index in [9.17, 15) is 0 Å². The second-order valence-corrected chi connectivity index (χ2v) is 3.48. The lowest BCUT2D eigenvalue weighted by Gasteiger charge is -2.22. The number of unbranched alkanes of at least 4 members (excludes halogenated alkanes) is 1. The fourth-order valence-corrected chi connectivity index (χ4v) is 1.43. The summed E-state index contributed by atoms with van der Waals surface area (Å²) in [6.45, 7) is 3.80. The first-order valence-corrected chi connectivity index (χ1v) is 5.36. The highest BCUT2D eigenvalue weighted by Crippen LogP contribution is 2.12. The van der Waals surface area contributed by atoms with Gasteiger partial charge in [0.15, 0.2) is 0 Å². The third-order valence-corrected chi connectivity index (χ3v) is 2.23. The number of aromatic nitrogens is 1. The van der Waals surface area contributed by atoms with E-state index in [-0.39, 0.29) is 6.61 Å². The summed E-state index contributed by atoms with van der Waals surface area (Å²) in [5.41, 5.74) is 5.62. The van der Waals surface area contributed by atoms with Crippen LogP contribution in [0.1, 0.15) is 19.8 Å². The predicted octanol–water partition coefficient (Wildman–Crippen LogP) is 1.26. The normalized spacial score (nSPS) is 10.3. The minimum Gasteiger partial charge on any atom is -0.395 e. The zero-order valence-corrected chi connectivity index (χ0v) is 9.19. The molecule has 0 atom stereocenters. The van der Waals surface area contributed by atoms with Crippen LogP contribution in [0, 0.1) is 0 Å². The zero-order valence-electron chi connectivity index (χ0n) is 9.19. The molecule has 4 nitrogen and oxygen atoms in total. The molecule has 1 aromatic rings. The van der Waals surface area contributed by atoms with Crippen LogP contribution in [0.2, 0.25) is 0 Å². The van der Waals surface area contributed by atoms with Gasteiger partial charge in [-0.3, -0.25) is 0 Å². The molecular formula is C11H19N3O. The third-order valence-electron chi connectivity index (χ3n) is 2.23. The van der Waals surface area contributed by atoms with E-state index in [1.54, 1.807) is 6.07 Å². The summed E-state index contributed by atoms with van der Waals surface area (Å²) in [6.07, 6.45) is 2.22. The Morgan fingerprint density at radius 1 is 1.40 bits per heavy atom. The van der Waals surface area contributed by atoms with Crippen LogP contribution in [0.3, 0.4) is 0 Å². The molecule has 0 saturated carbocycles. The van der Waals surface area contributed by atoms with Gasteiger partial charge in [0.1, 0.15) is 11.6 Å². The Balaban J connectivity index is 2.69. The van der Waals surface area contributed by atoms with E-state index in [2.05, 4.69) is 16.8 Å². The van der Waals surface area contributed by atoms with E-state index >= 15 is 0 Å². The molecule has 3 N–H and O–H groups in total. The molecule has 0 bridgehead atoms. The SMILES string of the molecule is CCCCN(CCO)c1cccc(N)n1. The number of anilines is 2. The first kappa shape index (κ1) is 11.8. The average Bonchev–Trinajstić information content (AvgIpc) is 2.24. The number of pyridine rings is 1. The predicted molar refractivity (Wildman–Crippen MR) is 62.9 cm³/mol. The lowest BCUT2D eigenvalue weighted by molar-refractivity contribution is 0.301. The van der Waals surface area contributed by atoms with Crippen molar-refractivity contribution in [2.75, 3.05) is 30.3 Å². The van der Waals surface area contributed by atoms with E-state index in [1.807, 2.05) is 12.1 Å². The van der Waals surface area contributed by atoms with Crippen LogP contribution in [-0.2, 0) is 0 Å². The number of nitrogens with zero attached hydrogens (tertiary/aromatic N) is 2. The van der Waals surface area contributed by atoms with Gasteiger partial charge in [-0.2, -0.15) is 0 Å². The molecule has 0 amide bonds. The quantitative estimate of drug-likeness (QED) is 0.740. The van der Waals surface area contributed by atoms with Crippen molar-refractivity contribution in [2.24, 2.45) is 0 Å². The van der Waals surface area contributed by atoms with Crippen molar-refractivity contribution < 1.29 is 5.11 Å². The molecular weight excluding hydrogens is 190 g/mol. The molecule has 0 unspecified atom stereocenters. The number of rotatable bonds is 6. The van der Waals surface area contributed by atoms with E-state index in [0.29, 0.717) is 12.4 Å². The van der Waals surface area contributed by atoms with Gasteiger partial charge in [0.25, 0.3) is 0 Å². The average molecular weight is 209 g/mol.